The number of halogens is 1. The molecule has 1 heterocycles. The molecule has 218 valence electrons. The van der Waals surface area contributed by atoms with Crippen molar-refractivity contribution in [3.05, 3.63) is 57.2 Å². The van der Waals surface area contributed by atoms with Crippen molar-refractivity contribution in [3.63, 3.8) is 0 Å². The number of rotatable bonds is 13. The Hall–Kier alpha value is -4.41. The van der Waals surface area contributed by atoms with Crippen LogP contribution in [0.25, 0.3) is 0 Å². The molecule has 0 aromatic heterocycles. The number of aliphatic hydroxyl groups is 1. The summed E-state index contributed by atoms with van der Waals surface area (Å²) in [6.07, 6.45) is 5.59. The smallest absolute Gasteiger partial charge is 0.337 e. The van der Waals surface area contributed by atoms with Crippen molar-refractivity contribution in [1.29, 1.82) is 0 Å². The zero-order valence-electron chi connectivity index (χ0n) is 22.9. The molecule has 0 unspecified atom stereocenters. The van der Waals surface area contributed by atoms with E-state index in [9.17, 15) is 14.7 Å². The molecule has 41 heavy (non-hydrogen) atoms. The van der Waals surface area contributed by atoms with E-state index in [1.165, 1.54) is 20.4 Å². The minimum absolute atomic E-state index is 0.0871. The first kappa shape index (κ1) is 31.1. The maximum atomic E-state index is 12.4. The van der Waals surface area contributed by atoms with Gasteiger partial charge in [-0.25, -0.2) is 9.59 Å². The summed E-state index contributed by atoms with van der Waals surface area (Å²) in [5.74, 6) is 3.46. The van der Waals surface area contributed by atoms with Crippen LogP contribution in [-0.2, 0) is 9.53 Å². The van der Waals surface area contributed by atoms with E-state index in [-0.39, 0.29) is 18.8 Å². The van der Waals surface area contributed by atoms with Crippen LogP contribution < -0.4 is 35.0 Å². The van der Waals surface area contributed by atoms with Crippen LogP contribution in [0.3, 0.4) is 0 Å². The molecular formula is C28H31BrN4O8. The standard InChI is InChI=1S/C28H31BrN4O8/c1-6-10-40-26-19(29)11-17(12-22(26)37-4)14-30-33-23(34)15-41-20-9-8-18(13-21(20)39-7-2)25-24(27(35)38-5)16(3)31-28(36)32-25/h1,8-9,11-14,23,25,33-34H,7,10,15H2,2-5H3,(H2,31,32,36)/b30-14-/t23-,25-/m1/s1. The molecule has 2 aromatic carbocycles. The summed E-state index contributed by atoms with van der Waals surface area (Å²) >= 11 is 3.42. The lowest BCUT2D eigenvalue weighted by atomic mass is 9.95. The van der Waals surface area contributed by atoms with Crippen molar-refractivity contribution >= 4 is 34.1 Å². The summed E-state index contributed by atoms with van der Waals surface area (Å²) in [5.41, 5.74) is 4.48. The largest absolute Gasteiger partial charge is 0.493 e. The number of hydrogen-bond donors (Lipinski definition) is 4. The Morgan fingerprint density at radius 3 is 2.68 bits per heavy atom. The lowest BCUT2D eigenvalue weighted by molar-refractivity contribution is -0.136. The molecule has 0 radical (unpaired) electrons. The Morgan fingerprint density at radius 1 is 1.22 bits per heavy atom. The average Bonchev–Trinajstić information content (AvgIpc) is 2.95. The van der Waals surface area contributed by atoms with Gasteiger partial charge in [-0.15, -0.1) is 6.42 Å². The molecule has 12 nitrogen and oxygen atoms in total. The zero-order valence-corrected chi connectivity index (χ0v) is 24.5. The number of allylic oxidation sites excluding steroid dienone is 1. The summed E-state index contributed by atoms with van der Waals surface area (Å²) in [6, 6.07) is 7.21. The number of hydrogen-bond acceptors (Lipinski definition) is 10. The van der Waals surface area contributed by atoms with Crippen molar-refractivity contribution in [3.8, 4) is 35.3 Å². The van der Waals surface area contributed by atoms with Crippen LogP contribution in [0.5, 0.6) is 23.0 Å². The molecule has 0 fully saturated rings. The average molecular weight is 631 g/mol. The second-order valence-corrected chi connectivity index (χ2v) is 9.30. The number of ether oxygens (including phenoxy) is 5. The molecule has 2 atom stereocenters. The Balaban J connectivity index is 1.69. The SMILES string of the molecule is C#CCOc1c(Br)cc(/C=N\N[C@H](O)COc2ccc([C@H]3NC(=O)NC(C)=C3C(=O)OC)cc2OCC)cc1OC. The van der Waals surface area contributed by atoms with Crippen molar-refractivity contribution in [1.82, 2.24) is 16.1 Å². The van der Waals surface area contributed by atoms with Crippen molar-refractivity contribution in [2.24, 2.45) is 5.10 Å². The Morgan fingerprint density at radius 2 is 2.00 bits per heavy atom. The number of carbonyl (C=O) groups is 2. The Labute approximate surface area is 246 Å². The highest BCUT2D eigenvalue weighted by molar-refractivity contribution is 9.10. The number of nitrogens with zero attached hydrogens (tertiary/aromatic N) is 1. The fourth-order valence-corrected chi connectivity index (χ4v) is 4.46. The molecule has 0 saturated carbocycles. The third-order valence-corrected chi connectivity index (χ3v) is 6.25. The molecule has 2 amide bonds. The summed E-state index contributed by atoms with van der Waals surface area (Å²) < 4.78 is 27.9. The molecule has 0 saturated heterocycles. The van der Waals surface area contributed by atoms with Crippen LogP contribution in [0.1, 0.15) is 31.0 Å². The lowest BCUT2D eigenvalue weighted by Crippen LogP contribution is -2.45. The second kappa shape index (κ2) is 14.8. The van der Waals surface area contributed by atoms with Gasteiger partial charge in [-0.1, -0.05) is 12.0 Å². The van der Waals surface area contributed by atoms with E-state index in [0.29, 0.717) is 50.9 Å². The minimum Gasteiger partial charge on any atom is -0.493 e. The fraction of sp³-hybridized carbons (Fsp3) is 0.321. The van der Waals surface area contributed by atoms with Crippen LogP contribution in [-0.4, -0.2) is 63.6 Å². The van der Waals surface area contributed by atoms with Gasteiger partial charge in [0, 0.05) is 5.70 Å². The van der Waals surface area contributed by atoms with E-state index >= 15 is 0 Å². The van der Waals surface area contributed by atoms with Crippen LogP contribution in [0.4, 0.5) is 4.79 Å². The molecule has 3 rings (SSSR count). The summed E-state index contributed by atoms with van der Waals surface area (Å²) in [6.45, 7) is 3.67. The van der Waals surface area contributed by atoms with Crippen LogP contribution in [0, 0.1) is 12.3 Å². The molecule has 2 aromatic rings. The third kappa shape index (κ3) is 8.06. The minimum atomic E-state index is -1.16. The number of aliphatic hydroxyl groups excluding tert-OH is 1. The number of urea groups is 1. The predicted octanol–water partition coefficient (Wildman–Crippen LogP) is 2.99. The fourth-order valence-electron chi connectivity index (χ4n) is 3.89. The van der Waals surface area contributed by atoms with E-state index in [0.717, 1.165) is 0 Å². The normalized spacial score (nSPS) is 15.3. The Kier molecular flexibility index (Phi) is 11.3. The summed E-state index contributed by atoms with van der Waals surface area (Å²) in [7, 11) is 2.77. The number of nitrogens with one attached hydrogen (secondary N) is 3. The highest BCUT2D eigenvalue weighted by Gasteiger charge is 2.32. The third-order valence-electron chi connectivity index (χ3n) is 5.66. The molecule has 1 aliphatic heterocycles. The number of esters is 1. The van der Waals surface area contributed by atoms with Gasteiger partial charge in [-0.2, -0.15) is 5.10 Å². The van der Waals surface area contributed by atoms with Gasteiger partial charge in [0.05, 0.1) is 43.1 Å². The number of hydrazone groups is 1. The topological polar surface area (TPSA) is 149 Å². The number of methoxy groups -OCH3 is 2. The number of terminal acetylenes is 1. The second-order valence-electron chi connectivity index (χ2n) is 8.44. The van der Waals surface area contributed by atoms with E-state index in [4.69, 9.17) is 30.1 Å². The predicted molar refractivity (Wildman–Crippen MR) is 154 cm³/mol. The number of carbonyl (C=O) groups excluding carboxylic acids is 2. The molecule has 1 aliphatic rings. The number of amides is 2. The molecular weight excluding hydrogens is 600 g/mol. The van der Waals surface area contributed by atoms with Crippen molar-refractivity contribution in [2.75, 3.05) is 34.0 Å². The highest BCUT2D eigenvalue weighted by Crippen LogP contribution is 2.37. The molecule has 4 N–H and O–H groups in total. The lowest BCUT2D eigenvalue weighted by Gasteiger charge is -2.28. The van der Waals surface area contributed by atoms with Gasteiger partial charge >= 0.3 is 12.0 Å². The quantitative estimate of drug-likeness (QED) is 0.0861. The van der Waals surface area contributed by atoms with Gasteiger partial charge in [0.2, 0.25) is 0 Å². The summed E-state index contributed by atoms with van der Waals surface area (Å²) in [4.78, 5) is 24.5. The summed E-state index contributed by atoms with van der Waals surface area (Å²) in [5, 5.41) is 19.7. The Bertz CT molecular complexity index is 1370. The van der Waals surface area contributed by atoms with Gasteiger partial charge in [0.1, 0.15) is 13.2 Å². The first-order chi connectivity index (χ1) is 19.7. The van der Waals surface area contributed by atoms with Gasteiger partial charge in [0.25, 0.3) is 0 Å². The van der Waals surface area contributed by atoms with Gasteiger partial charge in [-0.3, -0.25) is 5.43 Å². The highest BCUT2D eigenvalue weighted by atomic mass is 79.9. The maximum Gasteiger partial charge on any atom is 0.337 e. The molecule has 0 spiro atoms. The van der Waals surface area contributed by atoms with Crippen molar-refractivity contribution < 1.29 is 38.4 Å². The molecule has 0 bridgehead atoms. The number of benzene rings is 2. The maximum absolute atomic E-state index is 12.4. The molecule has 13 heteroatoms. The first-order valence-electron chi connectivity index (χ1n) is 12.4. The van der Waals surface area contributed by atoms with Crippen LogP contribution in [0.2, 0.25) is 0 Å². The zero-order chi connectivity index (χ0) is 29.9. The van der Waals surface area contributed by atoms with Gasteiger partial charge < -0.3 is 39.4 Å². The van der Waals surface area contributed by atoms with Crippen molar-refractivity contribution in [2.45, 2.75) is 26.1 Å². The van der Waals surface area contributed by atoms with E-state index in [1.807, 2.05) is 0 Å². The van der Waals surface area contributed by atoms with E-state index < -0.39 is 24.3 Å². The van der Waals surface area contributed by atoms with Gasteiger partial charge in [-0.05, 0) is 65.2 Å². The monoisotopic (exact) mass is 630 g/mol. The molecule has 0 aliphatic carbocycles. The van der Waals surface area contributed by atoms with Crippen LogP contribution in [0.15, 0.2) is 51.2 Å². The first-order valence-corrected chi connectivity index (χ1v) is 13.2. The van der Waals surface area contributed by atoms with Gasteiger partial charge in [0.15, 0.2) is 29.2 Å². The van der Waals surface area contributed by atoms with E-state index in [2.05, 4.69) is 43.0 Å². The van der Waals surface area contributed by atoms with E-state index in [1.54, 1.807) is 44.2 Å². The van der Waals surface area contributed by atoms with Crippen LogP contribution >= 0.6 is 15.9 Å².